The summed E-state index contributed by atoms with van der Waals surface area (Å²) in [5, 5.41) is 10.8. The maximum absolute atomic E-state index is 12.6. The molecule has 1 N–H and O–H groups in total. The Balaban J connectivity index is 1.56. The number of amides is 1. The smallest absolute Gasteiger partial charge is 0.261 e. The first kappa shape index (κ1) is 17.6. The molecule has 1 amide bonds. The van der Waals surface area contributed by atoms with Crippen molar-refractivity contribution in [3.8, 4) is 11.4 Å². The van der Waals surface area contributed by atoms with Crippen molar-refractivity contribution in [3.63, 3.8) is 0 Å². The van der Waals surface area contributed by atoms with Crippen molar-refractivity contribution in [2.24, 2.45) is 0 Å². The van der Waals surface area contributed by atoms with Crippen molar-refractivity contribution < 1.29 is 13.8 Å². The lowest BCUT2D eigenvalue weighted by atomic mass is 10.1. The van der Waals surface area contributed by atoms with Gasteiger partial charge < -0.3 is 14.4 Å². The summed E-state index contributed by atoms with van der Waals surface area (Å²) in [6, 6.07) is 11.1. The number of nitrogens with one attached hydrogen (secondary N) is 1. The molecule has 3 heterocycles. The van der Waals surface area contributed by atoms with Crippen LogP contribution in [0.3, 0.4) is 0 Å². The molecule has 8 nitrogen and oxygen atoms in total. The minimum absolute atomic E-state index is 0.272. The van der Waals surface area contributed by atoms with Gasteiger partial charge in [-0.3, -0.25) is 9.78 Å². The van der Waals surface area contributed by atoms with E-state index in [4.69, 9.17) is 9.05 Å². The van der Waals surface area contributed by atoms with Crippen molar-refractivity contribution in [1.82, 2.24) is 20.3 Å². The van der Waals surface area contributed by atoms with Gasteiger partial charge in [-0.1, -0.05) is 28.5 Å². The third-order valence-corrected chi connectivity index (χ3v) is 4.27. The molecule has 0 aliphatic rings. The molecule has 4 aromatic rings. The molecule has 0 aliphatic heterocycles. The van der Waals surface area contributed by atoms with Crippen LogP contribution in [0.15, 0.2) is 57.8 Å². The van der Waals surface area contributed by atoms with E-state index in [0.29, 0.717) is 40.8 Å². The summed E-state index contributed by atoms with van der Waals surface area (Å²) in [5.74, 6) is 1.15. The van der Waals surface area contributed by atoms with Crippen molar-refractivity contribution >= 4 is 11.6 Å². The molecular weight excluding hydrogens is 358 g/mol. The van der Waals surface area contributed by atoms with Crippen LogP contribution in [0.1, 0.15) is 33.3 Å². The SMILES string of the molecule is Cc1noc(C)c1C(=O)Nc1ccccc1Cc1nc(-c2ccncc2)no1. The highest BCUT2D eigenvalue weighted by molar-refractivity contribution is 6.06. The fourth-order valence-corrected chi connectivity index (χ4v) is 2.90. The van der Waals surface area contributed by atoms with Gasteiger partial charge in [0.1, 0.15) is 11.3 Å². The van der Waals surface area contributed by atoms with Crippen LogP contribution in [-0.4, -0.2) is 26.2 Å². The number of nitrogens with zero attached hydrogens (tertiary/aromatic N) is 4. The second kappa shape index (κ2) is 7.43. The Kier molecular flexibility index (Phi) is 4.67. The second-order valence-corrected chi connectivity index (χ2v) is 6.23. The van der Waals surface area contributed by atoms with Crippen LogP contribution in [-0.2, 0) is 6.42 Å². The third-order valence-electron chi connectivity index (χ3n) is 4.27. The van der Waals surface area contributed by atoms with Gasteiger partial charge in [-0.05, 0) is 37.6 Å². The molecule has 0 aliphatic carbocycles. The van der Waals surface area contributed by atoms with E-state index in [-0.39, 0.29) is 5.91 Å². The number of aromatic nitrogens is 4. The van der Waals surface area contributed by atoms with Crippen LogP contribution >= 0.6 is 0 Å². The zero-order chi connectivity index (χ0) is 19.5. The fourth-order valence-electron chi connectivity index (χ4n) is 2.90. The van der Waals surface area contributed by atoms with Gasteiger partial charge in [0.05, 0.1) is 12.1 Å². The maximum atomic E-state index is 12.6. The first-order chi connectivity index (χ1) is 13.6. The summed E-state index contributed by atoms with van der Waals surface area (Å²) in [6.07, 6.45) is 3.73. The molecule has 4 rings (SSSR count). The molecule has 1 aromatic carbocycles. The molecule has 3 aromatic heterocycles. The lowest BCUT2D eigenvalue weighted by molar-refractivity contribution is 0.102. The highest BCUT2D eigenvalue weighted by atomic mass is 16.5. The van der Waals surface area contributed by atoms with Crippen molar-refractivity contribution in [2.75, 3.05) is 5.32 Å². The predicted molar refractivity (Wildman–Crippen MR) is 101 cm³/mol. The third kappa shape index (κ3) is 3.52. The first-order valence-corrected chi connectivity index (χ1v) is 8.67. The number of hydrogen-bond donors (Lipinski definition) is 1. The number of rotatable bonds is 5. The van der Waals surface area contributed by atoms with Crippen LogP contribution in [0.4, 0.5) is 5.69 Å². The van der Waals surface area contributed by atoms with E-state index in [9.17, 15) is 4.79 Å². The zero-order valence-electron chi connectivity index (χ0n) is 15.3. The Morgan fingerprint density at radius 2 is 1.82 bits per heavy atom. The van der Waals surface area contributed by atoms with Gasteiger partial charge in [-0.2, -0.15) is 4.98 Å². The van der Waals surface area contributed by atoms with E-state index in [1.807, 2.05) is 36.4 Å². The average Bonchev–Trinajstić information content (AvgIpc) is 3.30. The van der Waals surface area contributed by atoms with Crippen LogP contribution < -0.4 is 5.32 Å². The van der Waals surface area contributed by atoms with E-state index in [1.54, 1.807) is 26.2 Å². The average molecular weight is 375 g/mol. The number of para-hydroxylation sites is 1. The first-order valence-electron chi connectivity index (χ1n) is 8.67. The number of hydrogen-bond acceptors (Lipinski definition) is 7. The number of pyridine rings is 1. The van der Waals surface area contributed by atoms with Gasteiger partial charge in [-0.25, -0.2) is 0 Å². The van der Waals surface area contributed by atoms with Crippen LogP contribution in [0.5, 0.6) is 0 Å². The van der Waals surface area contributed by atoms with Gasteiger partial charge in [0, 0.05) is 23.6 Å². The molecule has 0 unspecified atom stereocenters. The van der Waals surface area contributed by atoms with E-state index in [1.165, 1.54) is 0 Å². The topological polar surface area (TPSA) is 107 Å². The molecule has 0 saturated heterocycles. The summed E-state index contributed by atoms with van der Waals surface area (Å²) < 4.78 is 10.5. The van der Waals surface area contributed by atoms with Gasteiger partial charge in [-0.15, -0.1) is 0 Å². The summed E-state index contributed by atoms with van der Waals surface area (Å²) >= 11 is 0. The molecule has 0 saturated carbocycles. The summed E-state index contributed by atoms with van der Waals surface area (Å²) in [5.41, 5.74) is 3.33. The lowest BCUT2D eigenvalue weighted by Crippen LogP contribution is -2.15. The number of aryl methyl sites for hydroxylation is 2. The van der Waals surface area contributed by atoms with Crippen molar-refractivity contribution in [3.05, 3.63) is 77.3 Å². The van der Waals surface area contributed by atoms with E-state index >= 15 is 0 Å². The summed E-state index contributed by atoms with van der Waals surface area (Å²) in [6.45, 7) is 3.44. The zero-order valence-corrected chi connectivity index (χ0v) is 15.3. The van der Waals surface area contributed by atoms with Gasteiger partial charge in [0.2, 0.25) is 11.7 Å². The van der Waals surface area contributed by atoms with Gasteiger partial charge in [0.15, 0.2) is 0 Å². The molecule has 0 atom stereocenters. The fraction of sp³-hybridized carbons (Fsp3) is 0.150. The van der Waals surface area contributed by atoms with E-state index in [2.05, 4.69) is 25.6 Å². The Morgan fingerprint density at radius 3 is 2.57 bits per heavy atom. The largest absolute Gasteiger partial charge is 0.361 e. The Bertz CT molecular complexity index is 1100. The number of benzene rings is 1. The molecule has 8 heteroatoms. The Hall–Kier alpha value is -3.81. The predicted octanol–water partition coefficient (Wildman–Crippen LogP) is 3.58. The van der Waals surface area contributed by atoms with E-state index < -0.39 is 0 Å². The molecule has 0 radical (unpaired) electrons. The quantitative estimate of drug-likeness (QED) is 0.568. The molecule has 28 heavy (non-hydrogen) atoms. The molecular formula is C20H17N5O3. The highest BCUT2D eigenvalue weighted by Gasteiger charge is 2.19. The standard InChI is InChI=1S/C20H17N5O3/c1-12-18(13(2)27-24-12)20(26)22-16-6-4-3-5-15(16)11-17-23-19(25-28-17)14-7-9-21-10-8-14/h3-10H,11H2,1-2H3,(H,22,26). The minimum Gasteiger partial charge on any atom is -0.361 e. The molecule has 0 spiro atoms. The summed E-state index contributed by atoms with van der Waals surface area (Å²) in [7, 11) is 0. The lowest BCUT2D eigenvalue weighted by Gasteiger charge is -2.09. The normalized spacial score (nSPS) is 10.8. The molecule has 0 bridgehead atoms. The minimum atomic E-state index is -0.272. The van der Waals surface area contributed by atoms with E-state index in [0.717, 1.165) is 11.1 Å². The van der Waals surface area contributed by atoms with Crippen LogP contribution in [0, 0.1) is 13.8 Å². The second-order valence-electron chi connectivity index (χ2n) is 6.23. The van der Waals surface area contributed by atoms with Gasteiger partial charge >= 0.3 is 0 Å². The number of anilines is 1. The number of carbonyl (C=O) groups excluding carboxylic acids is 1. The Morgan fingerprint density at radius 1 is 1.04 bits per heavy atom. The highest BCUT2D eigenvalue weighted by Crippen LogP contribution is 2.22. The van der Waals surface area contributed by atoms with Crippen molar-refractivity contribution in [1.29, 1.82) is 0 Å². The van der Waals surface area contributed by atoms with Crippen LogP contribution in [0.2, 0.25) is 0 Å². The van der Waals surface area contributed by atoms with Crippen molar-refractivity contribution in [2.45, 2.75) is 20.3 Å². The van der Waals surface area contributed by atoms with Gasteiger partial charge in [0.25, 0.3) is 5.91 Å². The van der Waals surface area contributed by atoms with Crippen LogP contribution in [0.25, 0.3) is 11.4 Å². The molecule has 0 fully saturated rings. The monoisotopic (exact) mass is 375 g/mol. The number of carbonyl (C=O) groups is 1. The molecule has 140 valence electrons. The maximum Gasteiger partial charge on any atom is 0.261 e. The Labute approximate surface area is 160 Å². The summed E-state index contributed by atoms with van der Waals surface area (Å²) in [4.78, 5) is 21.1.